The molecule has 0 spiro atoms. The first kappa shape index (κ1) is 18.1. The van der Waals surface area contributed by atoms with Gasteiger partial charge in [-0.15, -0.1) is 0 Å². The van der Waals surface area contributed by atoms with Crippen molar-refractivity contribution in [1.29, 1.82) is 0 Å². The number of nitrogens with one attached hydrogen (secondary N) is 1. The van der Waals surface area contributed by atoms with Crippen molar-refractivity contribution in [3.8, 4) is 11.4 Å². The summed E-state index contributed by atoms with van der Waals surface area (Å²) in [5.74, 6) is -0.231. The van der Waals surface area contributed by atoms with Crippen LogP contribution in [0.1, 0.15) is 66.8 Å². The topological polar surface area (TPSA) is 106 Å². The van der Waals surface area contributed by atoms with Gasteiger partial charge in [-0.2, -0.15) is 10.1 Å². The van der Waals surface area contributed by atoms with Crippen LogP contribution in [0.5, 0.6) is 5.75 Å². The smallest absolute Gasteiger partial charge is 0.276 e. The summed E-state index contributed by atoms with van der Waals surface area (Å²) in [6.45, 7) is 1.70. The first-order valence-corrected chi connectivity index (χ1v) is 9.21. The van der Waals surface area contributed by atoms with E-state index in [0.29, 0.717) is 17.6 Å². The first-order valence-electron chi connectivity index (χ1n) is 9.21. The minimum absolute atomic E-state index is 0.128. The van der Waals surface area contributed by atoms with Gasteiger partial charge in [0.25, 0.3) is 5.91 Å². The molecule has 1 saturated carbocycles. The molecule has 4 rings (SSSR count). The molecule has 1 amide bonds. The molecule has 8 nitrogen and oxygen atoms in total. The van der Waals surface area contributed by atoms with E-state index in [9.17, 15) is 14.3 Å². The standard InChI is InChI=1S/C19H20FN5O3/c1-11(19-22-17(24-28-19)12-6-2-3-7-12)21-18(27)16-15(26)10-25(23-16)14-9-5-4-8-13(14)20/h4-5,8-12,26H,2-3,6-7H2,1H3,(H,21,27). The fourth-order valence-corrected chi connectivity index (χ4v) is 3.39. The Kier molecular flexibility index (Phi) is 4.81. The summed E-state index contributed by atoms with van der Waals surface area (Å²) in [6, 6.07) is 5.38. The molecule has 1 aliphatic rings. The number of nitrogens with zero attached hydrogens (tertiary/aromatic N) is 4. The molecule has 1 unspecified atom stereocenters. The predicted octanol–water partition coefficient (Wildman–Crippen LogP) is 3.25. The summed E-state index contributed by atoms with van der Waals surface area (Å²) in [5, 5.41) is 20.8. The molecule has 2 heterocycles. The molecular weight excluding hydrogens is 365 g/mol. The Bertz CT molecular complexity index is 993. The summed E-state index contributed by atoms with van der Waals surface area (Å²) in [7, 11) is 0. The Morgan fingerprint density at radius 2 is 2.11 bits per heavy atom. The highest BCUT2D eigenvalue weighted by atomic mass is 19.1. The number of aromatic hydroxyl groups is 1. The molecule has 2 aromatic heterocycles. The summed E-state index contributed by atoms with van der Waals surface area (Å²) in [4.78, 5) is 16.9. The number of carbonyl (C=O) groups excluding carboxylic acids is 1. The molecule has 1 aromatic carbocycles. The van der Waals surface area contributed by atoms with E-state index in [2.05, 4.69) is 20.6 Å². The van der Waals surface area contributed by atoms with Gasteiger partial charge in [0.2, 0.25) is 5.89 Å². The van der Waals surface area contributed by atoms with Crippen molar-refractivity contribution in [2.75, 3.05) is 0 Å². The van der Waals surface area contributed by atoms with Crippen molar-refractivity contribution in [3.05, 3.63) is 53.7 Å². The lowest BCUT2D eigenvalue weighted by Gasteiger charge is -2.08. The minimum atomic E-state index is -0.624. The molecule has 1 aliphatic carbocycles. The van der Waals surface area contributed by atoms with Crippen molar-refractivity contribution >= 4 is 5.91 Å². The van der Waals surface area contributed by atoms with Gasteiger partial charge in [-0.3, -0.25) is 4.79 Å². The molecule has 0 aliphatic heterocycles. The number of hydrogen-bond donors (Lipinski definition) is 2. The van der Waals surface area contributed by atoms with E-state index in [1.54, 1.807) is 19.1 Å². The first-order chi connectivity index (χ1) is 13.5. The zero-order valence-corrected chi connectivity index (χ0v) is 15.3. The Labute approximate surface area is 160 Å². The highest BCUT2D eigenvalue weighted by molar-refractivity contribution is 5.95. The lowest BCUT2D eigenvalue weighted by molar-refractivity contribution is 0.0924. The van der Waals surface area contributed by atoms with Crippen LogP contribution < -0.4 is 5.32 Å². The van der Waals surface area contributed by atoms with Gasteiger partial charge in [-0.25, -0.2) is 9.07 Å². The number of aromatic nitrogens is 4. The second kappa shape index (κ2) is 7.41. The van der Waals surface area contributed by atoms with Crippen LogP contribution in [0.15, 0.2) is 35.0 Å². The second-order valence-electron chi connectivity index (χ2n) is 6.93. The molecule has 28 heavy (non-hydrogen) atoms. The lowest BCUT2D eigenvalue weighted by atomic mass is 10.1. The van der Waals surface area contributed by atoms with Crippen molar-refractivity contribution in [3.63, 3.8) is 0 Å². The van der Waals surface area contributed by atoms with Crippen LogP contribution in [-0.4, -0.2) is 30.9 Å². The largest absolute Gasteiger partial charge is 0.504 e. The van der Waals surface area contributed by atoms with Gasteiger partial charge in [-0.1, -0.05) is 30.1 Å². The maximum absolute atomic E-state index is 13.9. The Balaban J connectivity index is 1.48. The third-order valence-corrected chi connectivity index (χ3v) is 4.91. The number of amides is 1. The van der Waals surface area contributed by atoms with Crippen LogP contribution in [0.4, 0.5) is 4.39 Å². The van der Waals surface area contributed by atoms with E-state index in [1.807, 2.05) is 0 Å². The van der Waals surface area contributed by atoms with Gasteiger partial charge in [-0.05, 0) is 31.9 Å². The summed E-state index contributed by atoms with van der Waals surface area (Å²) >= 11 is 0. The molecule has 2 N–H and O–H groups in total. The van der Waals surface area contributed by atoms with E-state index in [4.69, 9.17) is 4.52 Å². The number of hydrogen-bond acceptors (Lipinski definition) is 6. The van der Waals surface area contributed by atoms with Crippen LogP contribution >= 0.6 is 0 Å². The maximum atomic E-state index is 13.9. The SMILES string of the molecule is CC(NC(=O)c1nn(-c2ccccc2F)cc1O)c1nc(C2CCCC2)no1. The van der Waals surface area contributed by atoms with E-state index in [0.717, 1.165) is 30.4 Å². The zero-order chi connectivity index (χ0) is 19.7. The van der Waals surface area contributed by atoms with E-state index in [1.165, 1.54) is 18.3 Å². The third-order valence-electron chi connectivity index (χ3n) is 4.91. The molecule has 0 radical (unpaired) electrons. The second-order valence-corrected chi connectivity index (χ2v) is 6.93. The molecule has 1 atom stereocenters. The van der Waals surface area contributed by atoms with Crippen LogP contribution in [0, 0.1) is 5.82 Å². The number of rotatable bonds is 5. The highest BCUT2D eigenvalue weighted by Gasteiger charge is 2.26. The van der Waals surface area contributed by atoms with Crippen molar-refractivity contribution in [2.24, 2.45) is 0 Å². The number of carbonyl (C=O) groups is 1. The normalized spacial score (nSPS) is 15.6. The van der Waals surface area contributed by atoms with E-state index >= 15 is 0 Å². The van der Waals surface area contributed by atoms with Crippen LogP contribution in [-0.2, 0) is 0 Å². The number of benzene rings is 1. The van der Waals surface area contributed by atoms with Crippen LogP contribution in [0.3, 0.4) is 0 Å². The monoisotopic (exact) mass is 385 g/mol. The average Bonchev–Trinajstić information content (AvgIpc) is 3.42. The molecule has 1 fully saturated rings. The van der Waals surface area contributed by atoms with Crippen molar-refractivity contribution in [1.82, 2.24) is 25.2 Å². The molecule has 9 heteroatoms. The predicted molar refractivity (Wildman–Crippen MR) is 96.6 cm³/mol. The van der Waals surface area contributed by atoms with Crippen molar-refractivity contribution in [2.45, 2.75) is 44.6 Å². The minimum Gasteiger partial charge on any atom is -0.504 e. The highest BCUT2D eigenvalue weighted by Crippen LogP contribution is 2.32. The molecule has 0 saturated heterocycles. The Hall–Kier alpha value is -3.23. The van der Waals surface area contributed by atoms with Gasteiger partial charge in [0, 0.05) is 5.92 Å². The quantitative estimate of drug-likeness (QED) is 0.698. The Morgan fingerprint density at radius 3 is 2.86 bits per heavy atom. The number of para-hydroxylation sites is 1. The van der Waals surface area contributed by atoms with Gasteiger partial charge in [0.15, 0.2) is 17.3 Å². The maximum Gasteiger partial charge on any atom is 0.276 e. The van der Waals surface area contributed by atoms with Gasteiger partial charge >= 0.3 is 0 Å². The van der Waals surface area contributed by atoms with Crippen LogP contribution in [0.25, 0.3) is 5.69 Å². The zero-order valence-electron chi connectivity index (χ0n) is 15.3. The fraction of sp³-hybridized carbons (Fsp3) is 0.368. The third kappa shape index (κ3) is 3.47. The molecular formula is C19H20FN5O3. The molecule has 0 bridgehead atoms. The Morgan fingerprint density at radius 1 is 1.36 bits per heavy atom. The summed E-state index contributed by atoms with van der Waals surface area (Å²) < 4.78 is 20.3. The fourth-order valence-electron chi connectivity index (χ4n) is 3.39. The molecule has 146 valence electrons. The van der Waals surface area contributed by atoms with Gasteiger partial charge in [0.1, 0.15) is 17.5 Å². The van der Waals surface area contributed by atoms with Crippen LogP contribution in [0.2, 0.25) is 0 Å². The summed E-state index contributed by atoms with van der Waals surface area (Å²) in [6.07, 6.45) is 5.58. The lowest BCUT2D eigenvalue weighted by Crippen LogP contribution is -2.27. The van der Waals surface area contributed by atoms with E-state index in [-0.39, 0.29) is 17.1 Å². The van der Waals surface area contributed by atoms with E-state index < -0.39 is 17.8 Å². The summed E-state index contributed by atoms with van der Waals surface area (Å²) in [5.41, 5.74) is -0.0892. The van der Waals surface area contributed by atoms with Crippen molar-refractivity contribution < 1.29 is 18.8 Å². The molecule has 3 aromatic rings. The number of halogens is 1. The average molecular weight is 385 g/mol. The van der Waals surface area contributed by atoms with Gasteiger partial charge < -0.3 is 14.9 Å². The van der Waals surface area contributed by atoms with Gasteiger partial charge in [0.05, 0.1) is 6.20 Å².